The Morgan fingerprint density at radius 1 is 1.12 bits per heavy atom. The standard InChI is InChI=1S/C11H19BN2O3/c1-10(2)11(3,4)17-12(16-10)8-7-15-9(13-8)14(5)6/h7H,1-6H3. The summed E-state index contributed by atoms with van der Waals surface area (Å²) in [6.45, 7) is 8.06. The minimum Gasteiger partial charge on any atom is -0.432 e. The Hall–Kier alpha value is -1.01. The van der Waals surface area contributed by atoms with Crippen LogP contribution in [0, 0.1) is 0 Å². The Bertz CT molecular complexity index is 399. The fourth-order valence-corrected chi connectivity index (χ4v) is 1.55. The number of rotatable bonds is 2. The summed E-state index contributed by atoms with van der Waals surface area (Å²) < 4.78 is 17.1. The second-order valence-corrected chi connectivity index (χ2v) is 5.54. The van der Waals surface area contributed by atoms with Gasteiger partial charge in [-0.2, -0.15) is 0 Å². The smallest absolute Gasteiger partial charge is 0.432 e. The van der Waals surface area contributed by atoms with Crippen LogP contribution in [0.25, 0.3) is 0 Å². The van der Waals surface area contributed by atoms with E-state index in [9.17, 15) is 0 Å². The molecule has 0 aromatic carbocycles. The minimum atomic E-state index is -0.461. The molecular formula is C11H19BN2O3. The lowest BCUT2D eigenvalue weighted by Crippen LogP contribution is -2.41. The lowest BCUT2D eigenvalue weighted by atomic mass is 9.86. The molecule has 94 valence electrons. The van der Waals surface area contributed by atoms with Gasteiger partial charge in [-0.3, -0.25) is 0 Å². The van der Waals surface area contributed by atoms with Crippen molar-refractivity contribution in [1.82, 2.24) is 4.98 Å². The van der Waals surface area contributed by atoms with Crippen LogP contribution in [0.4, 0.5) is 6.01 Å². The highest BCUT2D eigenvalue weighted by Crippen LogP contribution is 2.36. The molecule has 0 spiro atoms. The first kappa shape index (κ1) is 12.5. The molecule has 1 aliphatic rings. The molecule has 1 saturated heterocycles. The molecule has 1 aromatic heterocycles. The summed E-state index contributed by atoms with van der Waals surface area (Å²) in [5, 5.41) is 0. The lowest BCUT2D eigenvalue weighted by Gasteiger charge is -2.32. The average molecular weight is 238 g/mol. The predicted octanol–water partition coefficient (Wildman–Crippen LogP) is 1.04. The summed E-state index contributed by atoms with van der Waals surface area (Å²) in [5.74, 6) is 0. The van der Waals surface area contributed by atoms with Crippen LogP contribution in [-0.4, -0.2) is 37.4 Å². The second-order valence-electron chi connectivity index (χ2n) is 5.54. The first-order valence-corrected chi connectivity index (χ1v) is 5.71. The summed E-state index contributed by atoms with van der Waals surface area (Å²) >= 11 is 0. The topological polar surface area (TPSA) is 47.7 Å². The highest BCUT2D eigenvalue weighted by atomic mass is 16.7. The number of oxazole rings is 1. The third-order valence-corrected chi connectivity index (χ3v) is 3.39. The van der Waals surface area contributed by atoms with Crippen molar-refractivity contribution in [2.45, 2.75) is 38.9 Å². The number of anilines is 1. The van der Waals surface area contributed by atoms with Crippen LogP contribution in [0.1, 0.15) is 27.7 Å². The van der Waals surface area contributed by atoms with Gasteiger partial charge in [0.1, 0.15) is 11.9 Å². The van der Waals surface area contributed by atoms with Gasteiger partial charge in [-0.15, -0.1) is 0 Å². The maximum Gasteiger partial charge on any atom is 0.518 e. The molecule has 0 radical (unpaired) electrons. The first-order chi connectivity index (χ1) is 7.73. The molecule has 0 N–H and O–H groups in total. The molecule has 0 bridgehead atoms. The van der Waals surface area contributed by atoms with E-state index in [1.54, 1.807) is 11.2 Å². The van der Waals surface area contributed by atoms with E-state index in [4.69, 9.17) is 13.7 Å². The molecular weight excluding hydrogens is 219 g/mol. The Labute approximate surface area is 102 Å². The zero-order valence-corrected chi connectivity index (χ0v) is 11.3. The lowest BCUT2D eigenvalue weighted by molar-refractivity contribution is 0.00578. The van der Waals surface area contributed by atoms with Gasteiger partial charge in [0.05, 0.1) is 11.2 Å². The third-order valence-electron chi connectivity index (χ3n) is 3.39. The largest absolute Gasteiger partial charge is 0.518 e. The van der Waals surface area contributed by atoms with Gasteiger partial charge in [-0.05, 0) is 27.7 Å². The van der Waals surface area contributed by atoms with Gasteiger partial charge in [-0.1, -0.05) is 0 Å². The van der Waals surface area contributed by atoms with Gasteiger partial charge in [-0.25, -0.2) is 4.98 Å². The number of hydrogen-bond acceptors (Lipinski definition) is 5. The molecule has 0 saturated carbocycles. The highest BCUT2D eigenvalue weighted by Gasteiger charge is 2.52. The van der Waals surface area contributed by atoms with E-state index in [2.05, 4.69) is 4.98 Å². The molecule has 5 nitrogen and oxygen atoms in total. The zero-order valence-electron chi connectivity index (χ0n) is 11.3. The van der Waals surface area contributed by atoms with E-state index < -0.39 is 7.12 Å². The Morgan fingerprint density at radius 3 is 2.06 bits per heavy atom. The quantitative estimate of drug-likeness (QED) is 0.720. The molecule has 1 aliphatic heterocycles. The maximum absolute atomic E-state index is 5.88. The van der Waals surface area contributed by atoms with Crippen molar-refractivity contribution in [3.05, 3.63) is 6.26 Å². The molecule has 0 amide bonds. The third kappa shape index (κ3) is 2.07. The van der Waals surface area contributed by atoms with Gasteiger partial charge in [0.25, 0.3) is 6.01 Å². The summed E-state index contributed by atoms with van der Waals surface area (Å²) in [5.41, 5.74) is -0.0311. The van der Waals surface area contributed by atoms with E-state index in [1.165, 1.54) is 0 Å². The van der Waals surface area contributed by atoms with Crippen molar-refractivity contribution in [3.63, 3.8) is 0 Å². The van der Waals surface area contributed by atoms with Crippen LogP contribution in [0.5, 0.6) is 0 Å². The normalized spacial score (nSPS) is 21.9. The average Bonchev–Trinajstić information content (AvgIpc) is 2.70. The van der Waals surface area contributed by atoms with Crippen molar-refractivity contribution < 1.29 is 13.7 Å². The Balaban J connectivity index is 2.20. The van der Waals surface area contributed by atoms with Gasteiger partial charge < -0.3 is 18.6 Å². The van der Waals surface area contributed by atoms with E-state index in [0.29, 0.717) is 11.6 Å². The Morgan fingerprint density at radius 2 is 1.65 bits per heavy atom. The van der Waals surface area contributed by atoms with Gasteiger partial charge in [0, 0.05) is 14.1 Å². The molecule has 6 heteroatoms. The molecule has 0 unspecified atom stereocenters. The minimum absolute atomic E-state index is 0.352. The zero-order chi connectivity index (χ0) is 12.8. The van der Waals surface area contributed by atoms with Gasteiger partial charge in [0.15, 0.2) is 0 Å². The van der Waals surface area contributed by atoms with Crippen molar-refractivity contribution >= 4 is 18.7 Å². The van der Waals surface area contributed by atoms with E-state index in [-0.39, 0.29) is 11.2 Å². The van der Waals surface area contributed by atoms with Crippen LogP contribution in [0.15, 0.2) is 10.7 Å². The van der Waals surface area contributed by atoms with E-state index in [1.807, 2.05) is 41.8 Å². The molecule has 0 aliphatic carbocycles. The van der Waals surface area contributed by atoms with Gasteiger partial charge in [0.2, 0.25) is 0 Å². The highest BCUT2D eigenvalue weighted by molar-refractivity contribution is 6.61. The van der Waals surface area contributed by atoms with Crippen molar-refractivity contribution in [2.24, 2.45) is 0 Å². The molecule has 0 atom stereocenters. The first-order valence-electron chi connectivity index (χ1n) is 5.71. The molecule has 1 aromatic rings. The molecule has 2 rings (SSSR count). The fourth-order valence-electron chi connectivity index (χ4n) is 1.55. The van der Waals surface area contributed by atoms with E-state index in [0.717, 1.165) is 0 Å². The van der Waals surface area contributed by atoms with E-state index >= 15 is 0 Å². The van der Waals surface area contributed by atoms with Crippen molar-refractivity contribution in [2.75, 3.05) is 19.0 Å². The van der Waals surface area contributed by atoms with Crippen molar-refractivity contribution in [1.29, 1.82) is 0 Å². The summed E-state index contributed by atoms with van der Waals surface area (Å²) in [4.78, 5) is 6.13. The fraction of sp³-hybridized carbons (Fsp3) is 0.727. The van der Waals surface area contributed by atoms with Crippen LogP contribution < -0.4 is 10.5 Å². The second kappa shape index (κ2) is 3.75. The number of nitrogens with zero attached hydrogens (tertiary/aromatic N) is 2. The monoisotopic (exact) mass is 238 g/mol. The van der Waals surface area contributed by atoms with Crippen molar-refractivity contribution in [3.8, 4) is 0 Å². The molecule has 1 fully saturated rings. The van der Waals surface area contributed by atoms with Crippen LogP contribution >= 0.6 is 0 Å². The van der Waals surface area contributed by atoms with Crippen LogP contribution in [-0.2, 0) is 9.31 Å². The Kier molecular flexibility index (Phi) is 2.74. The number of hydrogen-bond donors (Lipinski definition) is 0. The predicted molar refractivity (Wildman–Crippen MR) is 66.5 cm³/mol. The van der Waals surface area contributed by atoms with Crippen LogP contribution in [0.3, 0.4) is 0 Å². The summed E-state index contributed by atoms with van der Waals surface area (Å²) in [7, 11) is 3.29. The molecule has 2 heterocycles. The van der Waals surface area contributed by atoms with Crippen LogP contribution in [0.2, 0.25) is 0 Å². The summed E-state index contributed by atoms with van der Waals surface area (Å²) in [6.07, 6.45) is 1.58. The van der Waals surface area contributed by atoms with Gasteiger partial charge >= 0.3 is 7.12 Å². The molecule has 17 heavy (non-hydrogen) atoms. The summed E-state index contributed by atoms with van der Waals surface area (Å²) in [6, 6.07) is 0.551. The number of aromatic nitrogens is 1. The maximum atomic E-state index is 5.88. The SMILES string of the molecule is CN(C)c1nc(B2OC(C)(C)C(C)(C)O2)co1.